The quantitative estimate of drug-likeness (QED) is 0.861. The van der Waals surface area contributed by atoms with Gasteiger partial charge in [0.05, 0.1) is 0 Å². The molecule has 5 nitrogen and oxygen atoms in total. The van der Waals surface area contributed by atoms with E-state index in [2.05, 4.69) is 5.10 Å². The van der Waals surface area contributed by atoms with Crippen molar-refractivity contribution in [1.82, 2.24) is 9.78 Å². The van der Waals surface area contributed by atoms with Crippen LogP contribution < -0.4 is 4.74 Å². The van der Waals surface area contributed by atoms with Gasteiger partial charge in [-0.2, -0.15) is 18.3 Å². The summed E-state index contributed by atoms with van der Waals surface area (Å²) in [4.78, 5) is 11.1. The maximum atomic E-state index is 12.8. The lowest BCUT2D eigenvalue weighted by Crippen LogP contribution is -2.12. The van der Waals surface area contributed by atoms with E-state index in [1.807, 2.05) is 0 Å². The largest absolute Gasteiger partial charge is 0.477 e. The molecular weight excluding hydrogens is 327 g/mol. The molecule has 2 rings (SSSR count). The van der Waals surface area contributed by atoms with Gasteiger partial charge < -0.3 is 9.84 Å². The number of carboxylic acid groups (broad SMARTS) is 1. The topological polar surface area (TPSA) is 64.4 Å². The van der Waals surface area contributed by atoms with Crippen molar-refractivity contribution in [2.75, 3.05) is 0 Å². The van der Waals surface area contributed by atoms with Gasteiger partial charge in [-0.15, -0.1) is 0 Å². The number of aromatic carboxylic acids is 1. The van der Waals surface area contributed by atoms with Crippen LogP contribution in [0.1, 0.15) is 28.0 Å². The summed E-state index contributed by atoms with van der Waals surface area (Å²) >= 11 is 0. The van der Waals surface area contributed by atoms with Crippen LogP contribution >= 0.6 is 0 Å². The van der Waals surface area contributed by atoms with Gasteiger partial charge in [0.2, 0.25) is 5.88 Å². The van der Waals surface area contributed by atoms with Crippen molar-refractivity contribution in [3.8, 4) is 11.6 Å². The van der Waals surface area contributed by atoms with Crippen molar-refractivity contribution < 1.29 is 36.6 Å². The van der Waals surface area contributed by atoms with Gasteiger partial charge in [0, 0.05) is 12.6 Å². The molecule has 0 atom stereocenters. The average Bonchev–Trinajstić information content (AvgIpc) is 2.76. The Kier molecular flexibility index (Phi) is 4.26. The summed E-state index contributed by atoms with van der Waals surface area (Å²) in [5, 5.41) is 12.1. The maximum absolute atomic E-state index is 12.8. The van der Waals surface area contributed by atoms with E-state index in [4.69, 9.17) is 9.84 Å². The molecule has 0 bridgehead atoms. The molecule has 1 aromatic carbocycles. The van der Waals surface area contributed by atoms with Crippen LogP contribution in [0.3, 0.4) is 0 Å². The predicted molar refractivity (Wildman–Crippen MR) is 66.6 cm³/mol. The van der Waals surface area contributed by atoms with Gasteiger partial charge in [-0.3, -0.25) is 0 Å². The summed E-state index contributed by atoms with van der Waals surface area (Å²) in [6.07, 6.45) is -7.81. The SMILES string of the molecule is Cn1nc(C(F)(F)F)c(C(=O)O)c1Oc1cccc(C(F)F)c1. The predicted octanol–water partition coefficient (Wildman–Crippen LogP) is 3.87. The highest BCUT2D eigenvalue weighted by atomic mass is 19.4. The second-order valence-corrected chi connectivity index (χ2v) is 4.43. The van der Waals surface area contributed by atoms with Gasteiger partial charge in [-0.1, -0.05) is 12.1 Å². The number of hydrogen-bond acceptors (Lipinski definition) is 3. The Morgan fingerprint density at radius 2 is 2.00 bits per heavy atom. The van der Waals surface area contributed by atoms with Crippen molar-refractivity contribution in [2.45, 2.75) is 12.6 Å². The maximum Gasteiger partial charge on any atom is 0.436 e. The van der Waals surface area contributed by atoms with E-state index < -0.39 is 41.3 Å². The van der Waals surface area contributed by atoms with E-state index in [-0.39, 0.29) is 5.75 Å². The van der Waals surface area contributed by atoms with Gasteiger partial charge in [0.25, 0.3) is 6.43 Å². The van der Waals surface area contributed by atoms with Crippen molar-refractivity contribution >= 4 is 5.97 Å². The van der Waals surface area contributed by atoms with Crippen LogP contribution in [-0.4, -0.2) is 20.9 Å². The molecule has 0 unspecified atom stereocenters. The zero-order valence-electron chi connectivity index (χ0n) is 11.4. The molecule has 0 fully saturated rings. The number of carboxylic acids is 1. The molecule has 0 amide bonds. The molecule has 0 aliphatic carbocycles. The monoisotopic (exact) mass is 336 g/mol. The van der Waals surface area contributed by atoms with E-state index in [0.717, 1.165) is 19.2 Å². The third-order valence-corrected chi connectivity index (χ3v) is 2.80. The number of benzene rings is 1. The standard InChI is InChI=1S/C13H9F5N2O3/c1-20-11(8(12(21)22)9(19-20)13(16,17)18)23-7-4-2-3-6(5-7)10(14)15/h2-5,10H,1H3,(H,21,22). The van der Waals surface area contributed by atoms with Crippen molar-refractivity contribution in [3.05, 3.63) is 41.1 Å². The van der Waals surface area contributed by atoms with Crippen LogP contribution in [0.25, 0.3) is 0 Å². The molecule has 1 N–H and O–H groups in total. The Morgan fingerprint density at radius 3 is 2.52 bits per heavy atom. The molecule has 0 saturated heterocycles. The minimum atomic E-state index is -5.00. The Labute approximate surface area is 125 Å². The fourth-order valence-electron chi connectivity index (χ4n) is 1.84. The minimum absolute atomic E-state index is 0.234. The Balaban J connectivity index is 2.50. The fraction of sp³-hybridized carbons (Fsp3) is 0.231. The Morgan fingerprint density at radius 1 is 1.35 bits per heavy atom. The van der Waals surface area contributed by atoms with Gasteiger partial charge in [0.15, 0.2) is 11.3 Å². The molecule has 1 aromatic heterocycles. The van der Waals surface area contributed by atoms with Crippen LogP contribution in [0.4, 0.5) is 22.0 Å². The number of nitrogens with zero attached hydrogens (tertiary/aromatic N) is 2. The fourth-order valence-corrected chi connectivity index (χ4v) is 1.84. The second-order valence-electron chi connectivity index (χ2n) is 4.43. The molecule has 1 heterocycles. The first-order chi connectivity index (χ1) is 10.6. The minimum Gasteiger partial charge on any atom is -0.477 e. The summed E-state index contributed by atoms with van der Waals surface area (Å²) in [5.74, 6) is -2.84. The van der Waals surface area contributed by atoms with E-state index in [1.54, 1.807) is 0 Å². The number of carbonyl (C=O) groups is 1. The lowest BCUT2D eigenvalue weighted by Gasteiger charge is -2.09. The second kappa shape index (κ2) is 5.86. The summed E-state index contributed by atoms with van der Waals surface area (Å²) < 4.78 is 69.3. The van der Waals surface area contributed by atoms with Crippen molar-refractivity contribution in [3.63, 3.8) is 0 Å². The highest BCUT2D eigenvalue weighted by Crippen LogP contribution is 2.37. The lowest BCUT2D eigenvalue weighted by molar-refractivity contribution is -0.141. The number of aromatic nitrogens is 2. The number of ether oxygens (including phenoxy) is 1. The molecule has 0 aliphatic rings. The number of alkyl halides is 5. The first-order valence-electron chi connectivity index (χ1n) is 6.04. The van der Waals surface area contributed by atoms with Crippen LogP contribution in [0, 0.1) is 0 Å². The first-order valence-corrected chi connectivity index (χ1v) is 6.04. The van der Waals surface area contributed by atoms with E-state index >= 15 is 0 Å². The highest BCUT2D eigenvalue weighted by molar-refractivity contribution is 5.92. The molecular formula is C13H9F5N2O3. The third-order valence-electron chi connectivity index (χ3n) is 2.80. The van der Waals surface area contributed by atoms with Gasteiger partial charge >= 0.3 is 12.1 Å². The van der Waals surface area contributed by atoms with Gasteiger partial charge in [0.1, 0.15) is 5.75 Å². The van der Waals surface area contributed by atoms with Gasteiger partial charge in [-0.25, -0.2) is 18.3 Å². The van der Waals surface area contributed by atoms with Crippen molar-refractivity contribution in [2.24, 2.45) is 7.05 Å². The normalized spacial score (nSPS) is 11.8. The van der Waals surface area contributed by atoms with Crippen LogP contribution in [0.5, 0.6) is 11.6 Å². The molecule has 0 aliphatic heterocycles. The van der Waals surface area contributed by atoms with Gasteiger partial charge in [-0.05, 0) is 12.1 Å². The molecule has 0 spiro atoms. The zero-order valence-corrected chi connectivity index (χ0v) is 11.4. The molecule has 0 saturated carbocycles. The summed E-state index contributed by atoms with van der Waals surface area (Å²) in [7, 11) is 1.05. The molecule has 0 radical (unpaired) electrons. The van der Waals surface area contributed by atoms with E-state index in [0.29, 0.717) is 4.68 Å². The van der Waals surface area contributed by atoms with Crippen LogP contribution in [0.2, 0.25) is 0 Å². The number of rotatable bonds is 4. The Hall–Kier alpha value is -2.65. The first kappa shape index (κ1) is 16.7. The lowest BCUT2D eigenvalue weighted by atomic mass is 10.2. The van der Waals surface area contributed by atoms with Crippen LogP contribution in [0.15, 0.2) is 24.3 Å². The molecule has 23 heavy (non-hydrogen) atoms. The molecule has 124 valence electrons. The van der Waals surface area contributed by atoms with E-state index in [1.165, 1.54) is 12.1 Å². The average molecular weight is 336 g/mol. The van der Waals surface area contributed by atoms with E-state index in [9.17, 15) is 26.7 Å². The number of aryl methyl sites for hydroxylation is 1. The summed E-state index contributed by atoms with van der Waals surface area (Å²) in [5.41, 5.74) is -3.24. The molecule has 2 aromatic rings. The number of hydrogen-bond donors (Lipinski definition) is 1. The van der Waals surface area contributed by atoms with Crippen LogP contribution in [-0.2, 0) is 13.2 Å². The summed E-state index contributed by atoms with van der Waals surface area (Å²) in [6, 6.07) is 4.41. The summed E-state index contributed by atoms with van der Waals surface area (Å²) in [6.45, 7) is 0. The molecule has 10 heteroatoms. The smallest absolute Gasteiger partial charge is 0.436 e. The number of halogens is 5. The highest BCUT2D eigenvalue weighted by Gasteiger charge is 2.42. The third kappa shape index (κ3) is 3.41. The Bertz CT molecular complexity index is 740. The zero-order chi connectivity index (χ0) is 17.4. The van der Waals surface area contributed by atoms with Crippen molar-refractivity contribution in [1.29, 1.82) is 0 Å².